The number of carbonyl (C=O) groups is 1. The Balaban J connectivity index is 1.66. The van der Waals surface area contributed by atoms with Crippen LogP contribution in [0.1, 0.15) is 5.56 Å². The van der Waals surface area contributed by atoms with E-state index < -0.39 is 0 Å². The molecule has 0 atom stereocenters. The first-order chi connectivity index (χ1) is 10.4. The number of hydrogen-bond acceptors (Lipinski definition) is 2. The van der Waals surface area contributed by atoms with Crippen molar-refractivity contribution in [3.63, 3.8) is 0 Å². The molecule has 1 amide bonds. The lowest BCUT2D eigenvalue weighted by Gasteiger charge is -2.19. The van der Waals surface area contributed by atoms with E-state index in [0.29, 0.717) is 6.54 Å². The van der Waals surface area contributed by atoms with Crippen molar-refractivity contribution in [3.05, 3.63) is 66.4 Å². The second-order valence-electron chi connectivity index (χ2n) is 4.89. The molecule has 2 N–H and O–H groups in total. The van der Waals surface area contributed by atoms with Gasteiger partial charge in [0.15, 0.2) is 0 Å². The Hall–Kier alpha value is -2.75. The summed E-state index contributed by atoms with van der Waals surface area (Å²) >= 11 is 0. The molecule has 21 heavy (non-hydrogen) atoms. The van der Waals surface area contributed by atoms with Crippen molar-refractivity contribution in [1.29, 1.82) is 0 Å². The number of hydrogen-bond donors (Lipinski definition) is 2. The quantitative estimate of drug-likeness (QED) is 0.538. The molecule has 0 unspecified atom stereocenters. The Morgan fingerprint density at radius 1 is 1.05 bits per heavy atom. The number of carbonyl (C=O) groups excluding carboxylic acids is 1. The molecule has 0 aliphatic heterocycles. The first-order valence-electron chi connectivity index (χ1n) is 6.95. The number of hydrazine groups is 1. The molecule has 0 saturated carbocycles. The van der Waals surface area contributed by atoms with E-state index in [0.717, 1.165) is 24.0 Å². The van der Waals surface area contributed by atoms with Gasteiger partial charge in [0.2, 0.25) is 6.41 Å². The first-order valence-corrected chi connectivity index (χ1v) is 6.95. The molecule has 0 fully saturated rings. The topological polar surface area (TPSA) is 48.1 Å². The van der Waals surface area contributed by atoms with Crippen LogP contribution in [-0.4, -0.2) is 22.9 Å². The van der Waals surface area contributed by atoms with Crippen molar-refractivity contribution < 1.29 is 4.79 Å². The molecule has 0 aliphatic carbocycles. The number of anilines is 1. The third kappa shape index (κ3) is 3.05. The Morgan fingerprint density at radius 2 is 1.81 bits per heavy atom. The fourth-order valence-corrected chi connectivity index (χ4v) is 2.39. The van der Waals surface area contributed by atoms with Crippen LogP contribution < -0.4 is 5.43 Å². The molecule has 0 radical (unpaired) electrons. The predicted octanol–water partition coefficient (Wildman–Crippen LogP) is 3.20. The lowest BCUT2D eigenvalue weighted by atomic mass is 10.1. The van der Waals surface area contributed by atoms with E-state index in [1.54, 1.807) is 5.01 Å². The minimum Gasteiger partial charge on any atom is -0.361 e. The second kappa shape index (κ2) is 6.13. The van der Waals surface area contributed by atoms with E-state index in [-0.39, 0.29) is 0 Å². The lowest BCUT2D eigenvalue weighted by Crippen LogP contribution is -2.30. The second-order valence-corrected chi connectivity index (χ2v) is 4.89. The van der Waals surface area contributed by atoms with Gasteiger partial charge in [0.05, 0.1) is 5.69 Å². The number of rotatable bonds is 6. The van der Waals surface area contributed by atoms with Gasteiger partial charge in [-0.2, -0.15) is 0 Å². The highest BCUT2D eigenvalue weighted by atomic mass is 16.1. The van der Waals surface area contributed by atoms with E-state index in [9.17, 15) is 4.79 Å². The highest BCUT2D eigenvalue weighted by Crippen LogP contribution is 2.18. The summed E-state index contributed by atoms with van der Waals surface area (Å²) in [5, 5.41) is 2.78. The van der Waals surface area contributed by atoms with Gasteiger partial charge in [0.1, 0.15) is 0 Å². The van der Waals surface area contributed by atoms with Crippen molar-refractivity contribution in [2.75, 3.05) is 12.0 Å². The average Bonchev–Trinajstić information content (AvgIpc) is 2.96. The molecule has 2 aromatic carbocycles. The molecule has 0 bridgehead atoms. The first kappa shape index (κ1) is 13.2. The zero-order chi connectivity index (χ0) is 14.5. The van der Waals surface area contributed by atoms with E-state index in [1.807, 2.05) is 48.7 Å². The fraction of sp³-hybridized carbons (Fsp3) is 0.118. The van der Waals surface area contributed by atoms with Crippen LogP contribution in [0.15, 0.2) is 60.8 Å². The Morgan fingerprint density at radius 3 is 2.62 bits per heavy atom. The molecule has 0 saturated heterocycles. The van der Waals surface area contributed by atoms with Gasteiger partial charge in [-0.3, -0.25) is 15.2 Å². The summed E-state index contributed by atoms with van der Waals surface area (Å²) in [7, 11) is 0. The van der Waals surface area contributed by atoms with Crippen LogP contribution in [-0.2, 0) is 11.2 Å². The van der Waals surface area contributed by atoms with Gasteiger partial charge >= 0.3 is 0 Å². The minimum absolute atomic E-state index is 0.611. The van der Waals surface area contributed by atoms with Crippen molar-refractivity contribution in [1.82, 2.24) is 9.99 Å². The van der Waals surface area contributed by atoms with Crippen LogP contribution >= 0.6 is 0 Å². The van der Waals surface area contributed by atoms with Gasteiger partial charge in [0.25, 0.3) is 0 Å². The number of benzene rings is 2. The van der Waals surface area contributed by atoms with Gasteiger partial charge < -0.3 is 4.98 Å². The predicted molar refractivity (Wildman–Crippen MR) is 84.8 cm³/mol. The number of amides is 1. The maximum absolute atomic E-state index is 11.2. The number of H-pyrrole nitrogens is 1. The van der Waals surface area contributed by atoms with Crippen molar-refractivity contribution in [2.45, 2.75) is 6.42 Å². The molecule has 3 rings (SSSR count). The van der Waals surface area contributed by atoms with Gasteiger partial charge in [-0.25, -0.2) is 0 Å². The minimum atomic E-state index is 0.611. The molecule has 0 spiro atoms. The average molecular weight is 279 g/mol. The number of nitrogens with one attached hydrogen (secondary N) is 2. The normalized spacial score (nSPS) is 10.5. The zero-order valence-electron chi connectivity index (χ0n) is 11.6. The standard InChI is InChI=1S/C17H17N3O/c21-13-20(19-15-6-2-1-3-7-15)11-10-14-12-18-17-9-5-4-8-16(14)17/h1-9,12-13,18-19H,10-11H2. The summed E-state index contributed by atoms with van der Waals surface area (Å²) in [6.07, 6.45) is 3.63. The van der Waals surface area contributed by atoms with E-state index in [1.165, 1.54) is 10.9 Å². The van der Waals surface area contributed by atoms with E-state index in [4.69, 9.17) is 0 Å². The maximum atomic E-state index is 11.2. The molecule has 4 heteroatoms. The summed E-state index contributed by atoms with van der Waals surface area (Å²) in [5.74, 6) is 0. The smallest absolute Gasteiger partial charge is 0.228 e. The zero-order valence-corrected chi connectivity index (χ0v) is 11.6. The van der Waals surface area contributed by atoms with Gasteiger partial charge in [-0.05, 0) is 30.2 Å². The molecule has 4 nitrogen and oxygen atoms in total. The SMILES string of the molecule is O=CN(CCc1c[nH]c2ccccc12)Nc1ccccc1. The van der Waals surface area contributed by atoms with Crippen LogP contribution in [0.3, 0.4) is 0 Å². The largest absolute Gasteiger partial charge is 0.361 e. The molecule has 1 aromatic heterocycles. The number of aromatic nitrogens is 1. The van der Waals surface area contributed by atoms with Crippen molar-refractivity contribution in [3.8, 4) is 0 Å². The molecule has 106 valence electrons. The highest BCUT2D eigenvalue weighted by Gasteiger charge is 2.06. The Bertz CT molecular complexity index is 721. The van der Waals surface area contributed by atoms with Crippen LogP contribution in [0, 0.1) is 0 Å². The van der Waals surface area contributed by atoms with Gasteiger partial charge in [-0.1, -0.05) is 36.4 Å². The van der Waals surface area contributed by atoms with Gasteiger partial charge in [0, 0.05) is 23.6 Å². The summed E-state index contributed by atoms with van der Waals surface area (Å²) < 4.78 is 0. The van der Waals surface area contributed by atoms with Crippen molar-refractivity contribution >= 4 is 23.0 Å². The highest BCUT2D eigenvalue weighted by molar-refractivity contribution is 5.83. The summed E-state index contributed by atoms with van der Waals surface area (Å²) in [5.41, 5.74) is 6.34. The van der Waals surface area contributed by atoms with Crippen LogP contribution in [0.25, 0.3) is 10.9 Å². The molecule has 0 aliphatic rings. The molecular weight excluding hydrogens is 262 g/mol. The number of para-hydroxylation sites is 2. The number of fused-ring (bicyclic) bond motifs is 1. The van der Waals surface area contributed by atoms with Crippen LogP contribution in [0.5, 0.6) is 0 Å². The summed E-state index contributed by atoms with van der Waals surface area (Å²) in [6, 6.07) is 17.9. The monoisotopic (exact) mass is 279 g/mol. The third-order valence-corrected chi connectivity index (χ3v) is 3.47. The molecule has 1 heterocycles. The lowest BCUT2D eigenvalue weighted by molar-refractivity contribution is -0.117. The molecular formula is C17H17N3O. The third-order valence-electron chi connectivity index (χ3n) is 3.47. The fourth-order valence-electron chi connectivity index (χ4n) is 2.39. The number of nitrogens with zero attached hydrogens (tertiary/aromatic N) is 1. The van der Waals surface area contributed by atoms with Crippen molar-refractivity contribution in [2.24, 2.45) is 0 Å². The van der Waals surface area contributed by atoms with Gasteiger partial charge in [-0.15, -0.1) is 0 Å². The maximum Gasteiger partial charge on any atom is 0.228 e. The summed E-state index contributed by atoms with van der Waals surface area (Å²) in [4.78, 5) is 14.4. The van der Waals surface area contributed by atoms with E-state index >= 15 is 0 Å². The Kier molecular flexibility index (Phi) is 3.87. The summed E-state index contributed by atoms with van der Waals surface area (Å²) in [6.45, 7) is 0.611. The van der Waals surface area contributed by atoms with Crippen LogP contribution in [0.2, 0.25) is 0 Å². The van der Waals surface area contributed by atoms with E-state index in [2.05, 4.69) is 22.5 Å². The number of aromatic amines is 1. The van der Waals surface area contributed by atoms with Crippen LogP contribution in [0.4, 0.5) is 5.69 Å². The Labute approximate surface area is 123 Å². The molecule has 3 aromatic rings.